The average Bonchev–Trinajstić information content (AvgIpc) is 2.88. The molecule has 212 valence electrons. The van der Waals surface area contributed by atoms with E-state index in [0.29, 0.717) is 11.1 Å². The zero-order valence-corrected chi connectivity index (χ0v) is 22.8. The maximum Gasteiger partial charge on any atom is 0.230 e. The fraction of sp³-hybridized carbons (Fsp3) is 0.414. The van der Waals surface area contributed by atoms with Gasteiger partial charge >= 0.3 is 0 Å². The van der Waals surface area contributed by atoms with E-state index in [9.17, 15) is 34.8 Å². The van der Waals surface area contributed by atoms with E-state index in [2.05, 4.69) is 0 Å². The Morgan fingerprint density at radius 2 is 1.70 bits per heavy atom. The minimum Gasteiger partial charge on any atom is -0.507 e. The van der Waals surface area contributed by atoms with Crippen molar-refractivity contribution in [3.05, 3.63) is 47.0 Å². The van der Waals surface area contributed by atoms with Gasteiger partial charge in [0.2, 0.25) is 11.7 Å². The summed E-state index contributed by atoms with van der Waals surface area (Å²) < 4.78 is 0. The van der Waals surface area contributed by atoms with Crippen LogP contribution in [0.15, 0.2) is 35.9 Å². The minimum absolute atomic E-state index is 0.0192. The summed E-state index contributed by atoms with van der Waals surface area (Å²) in [6.45, 7) is 0. The molecule has 8 N–H and O–H groups in total. The quantitative estimate of drug-likeness (QED) is 0.177. The third-order valence-corrected chi connectivity index (χ3v) is 8.81. The van der Waals surface area contributed by atoms with Crippen molar-refractivity contribution < 1.29 is 34.8 Å². The number of phenolic OH excluding ortho intramolecular Hbond substituents is 1. The number of hydrogen-bond acceptors (Lipinski definition) is 10. The van der Waals surface area contributed by atoms with E-state index >= 15 is 0 Å². The lowest BCUT2D eigenvalue weighted by atomic mass is 9.54. The number of benzene rings is 2. The summed E-state index contributed by atoms with van der Waals surface area (Å²) in [5.74, 6) is -7.95. The summed E-state index contributed by atoms with van der Waals surface area (Å²) in [5, 5.41) is 45.1. The number of hydrogen-bond donors (Lipinski definition) is 6. The monoisotopic (exact) mass is 550 g/mol. The molecule has 11 nitrogen and oxygen atoms in total. The highest BCUT2D eigenvalue weighted by Crippen LogP contribution is 2.54. The molecule has 3 aliphatic carbocycles. The average molecular weight is 551 g/mol. The highest BCUT2D eigenvalue weighted by molar-refractivity contribution is 6.25. The molecule has 0 bridgehead atoms. The number of nitrogens with two attached hydrogens (primary N) is 2. The normalized spacial score (nSPS) is 29.6. The van der Waals surface area contributed by atoms with E-state index in [0.717, 1.165) is 11.3 Å². The van der Waals surface area contributed by atoms with E-state index in [-0.39, 0.29) is 29.7 Å². The third kappa shape index (κ3) is 3.72. The van der Waals surface area contributed by atoms with Crippen LogP contribution < -0.4 is 16.4 Å². The fourth-order valence-electron chi connectivity index (χ4n) is 6.89. The van der Waals surface area contributed by atoms with E-state index < -0.39 is 64.5 Å². The van der Waals surface area contributed by atoms with Crippen LogP contribution in [0.4, 0.5) is 11.4 Å². The van der Waals surface area contributed by atoms with Crippen LogP contribution >= 0.6 is 0 Å². The number of likely N-dealkylation sites (N-methyl/N-ethyl adjacent to an activating group) is 1. The highest BCUT2D eigenvalue weighted by Gasteiger charge is 2.67. The van der Waals surface area contributed by atoms with Crippen molar-refractivity contribution in [2.75, 3.05) is 38.8 Å². The van der Waals surface area contributed by atoms with Crippen LogP contribution in [-0.2, 0) is 20.8 Å². The van der Waals surface area contributed by atoms with Crippen LogP contribution in [0.5, 0.6) is 5.75 Å². The van der Waals surface area contributed by atoms with Crippen LogP contribution in [0.2, 0.25) is 0 Å². The van der Waals surface area contributed by atoms with Crippen LogP contribution in [0, 0.1) is 17.8 Å². The van der Waals surface area contributed by atoms with Crippen LogP contribution in [0.3, 0.4) is 0 Å². The Balaban J connectivity index is 1.70. The molecule has 2 fully saturated rings. The van der Waals surface area contributed by atoms with Crippen molar-refractivity contribution in [3.63, 3.8) is 0 Å². The predicted molar refractivity (Wildman–Crippen MR) is 148 cm³/mol. The molecule has 2 aromatic rings. The Bertz CT molecular complexity index is 1470. The number of aromatic hydroxyl groups is 1. The number of rotatable bonds is 4. The molecule has 2 saturated carbocycles. The Morgan fingerprint density at radius 1 is 1.07 bits per heavy atom. The molecule has 3 unspecified atom stereocenters. The van der Waals surface area contributed by atoms with Crippen LogP contribution in [0.1, 0.15) is 17.5 Å². The number of anilines is 2. The molecule has 0 aromatic heterocycles. The number of Topliss-reactive ketones (excluding diaryl/α,β-unsaturated/α-hetero) is 2. The molecule has 0 heterocycles. The van der Waals surface area contributed by atoms with Gasteiger partial charge in [0.05, 0.1) is 17.4 Å². The maximum absolute atomic E-state index is 14.0. The number of ketones is 2. The van der Waals surface area contributed by atoms with Gasteiger partial charge in [-0.2, -0.15) is 0 Å². The number of phenols is 1. The second kappa shape index (κ2) is 9.33. The molecule has 1 amide bonds. The Morgan fingerprint density at radius 3 is 2.25 bits per heavy atom. The van der Waals surface area contributed by atoms with Crippen molar-refractivity contribution in [1.82, 2.24) is 4.90 Å². The van der Waals surface area contributed by atoms with Gasteiger partial charge in [-0.25, -0.2) is 0 Å². The standard InChI is InChI=1S/C29H34N4O7/c1-32(2)14-7-5-12(6-8-14)15-11-18(30)23(34)20-16(15)9-13-10-17-22(33(3)4)25(36)21(28(31)39)27(38)29(17,40)26(37)19(13)24(20)35/h5-8,11,13,17,21-22,25,34-36,40H,9-10,30H2,1-4H3,(H2,31,39)/t13-,17-,21?,22?,25?,29-/m1/s1. The molecular weight excluding hydrogens is 516 g/mol. The summed E-state index contributed by atoms with van der Waals surface area (Å²) in [6, 6.07) is 8.30. The first-order valence-electron chi connectivity index (χ1n) is 13.0. The number of amides is 1. The van der Waals surface area contributed by atoms with Gasteiger partial charge in [-0.1, -0.05) is 12.1 Å². The van der Waals surface area contributed by atoms with Crippen molar-refractivity contribution in [3.8, 4) is 16.9 Å². The van der Waals surface area contributed by atoms with Crippen LogP contribution in [0.25, 0.3) is 16.9 Å². The lowest BCUT2D eigenvalue weighted by molar-refractivity contribution is -0.184. The molecule has 40 heavy (non-hydrogen) atoms. The van der Waals surface area contributed by atoms with Gasteiger partial charge in [-0.15, -0.1) is 0 Å². The van der Waals surface area contributed by atoms with Gasteiger partial charge in [-0.05, 0) is 67.7 Å². The topological polar surface area (TPSA) is 191 Å². The first-order valence-corrected chi connectivity index (χ1v) is 13.0. The molecule has 3 aliphatic rings. The predicted octanol–water partition coefficient (Wildman–Crippen LogP) is 0.444. The van der Waals surface area contributed by atoms with Gasteiger partial charge in [0.15, 0.2) is 11.4 Å². The molecular formula is C29H34N4O7. The van der Waals surface area contributed by atoms with Crippen molar-refractivity contribution in [2.45, 2.75) is 30.6 Å². The Labute approximate surface area is 231 Å². The van der Waals surface area contributed by atoms with E-state index in [1.165, 1.54) is 0 Å². The zero-order chi connectivity index (χ0) is 29.4. The third-order valence-electron chi connectivity index (χ3n) is 8.81. The number of aliphatic hydroxyl groups is 3. The Hall–Kier alpha value is -3.93. The largest absolute Gasteiger partial charge is 0.507 e. The molecule has 11 heteroatoms. The van der Waals surface area contributed by atoms with Crippen LogP contribution in [-0.4, -0.2) is 88.7 Å². The number of aliphatic hydroxyl groups excluding tert-OH is 2. The van der Waals surface area contributed by atoms with Gasteiger partial charge in [0, 0.05) is 37.3 Å². The summed E-state index contributed by atoms with van der Waals surface area (Å²) in [5.41, 5.74) is 11.6. The van der Waals surface area contributed by atoms with Crippen molar-refractivity contribution in [1.29, 1.82) is 0 Å². The molecule has 5 rings (SSSR count). The molecule has 0 aliphatic heterocycles. The fourth-order valence-corrected chi connectivity index (χ4v) is 6.89. The second-order valence-electron chi connectivity index (χ2n) is 11.4. The first-order chi connectivity index (χ1) is 18.7. The van der Waals surface area contributed by atoms with Gasteiger partial charge < -0.3 is 41.7 Å². The summed E-state index contributed by atoms with van der Waals surface area (Å²) in [6.07, 6.45) is -1.31. The number of fused-ring (bicyclic) bond motifs is 3. The molecule has 0 spiro atoms. The molecule has 0 saturated heterocycles. The van der Waals surface area contributed by atoms with E-state index in [1.54, 1.807) is 25.1 Å². The molecule has 2 aromatic carbocycles. The van der Waals surface area contributed by atoms with Gasteiger partial charge in [-0.3, -0.25) is 14.4 Å². The number of carbonyl (C=O) groups is 3. The van der Waals surface area contributed by atoms with E-state index in [1.807, 2.05) is 43.3 Å². The summed E-state index contributed by atoms with van der Waals surface area (Å²) in [7, 11) is 7.06. The summed E-state index contributed by atoms with van der Waals surface area (Å²) >= 11 is 0. The lowest BCUT2D eigenvalue weighted by Gasteiger charge is -2.53. The van der Waals surface area contributed by atoms with E-state index in [4.69, 9.17) is 11.5 Å². The first kappa shape index (κ1) is 27.6. The molecule has 0 radical (unpaired) electrons. The maximum atomic E-state index is 14.0. The highest BCUT2D eigenvalue weighted by atomic mass is 16.3. The molecule has 6 atom stereocenters. The second-order valence-corrected chi connectivity index (χ2v) is 11.4. The minimum atomic E-state index is -2.70. The smallest absolute Gasteiger partial charge is 0.230 e. The lowest BCUT2D eigenvalue weighted by Crippen LogP contribution is -2.73. The number of nitrogens with zero attached hydrogens (tertiary/aromatic N) is 2. The van der Waals surface area contributed by atoms with Crippen molar-refractivity contribution in [2.24, 2.45) is 23.5 Å². The van der Waals surface area contributed by atoms with Gasteiger partial charge in [0.25, 0.3) is 0 Å². The number of nitrogen functional groups attached to an aromatic ring is 1. The number of carbonyl (C=O) groups excluding carboxylic acids is 3. The SMILES string of the molecule is CN(C)c1ccc(-c2cc(N)c(O)c3c2C[C@@H]2C[C@@H]4C(N(C)C)C(O)C(C(N)=O)C(=O)[C@]4(O)C(=O)C2=C3O)cc1. The summed E-state index contributed by atoms with van der Waals surface area (Å²) in [4.78, 5) is 43.1. The Kier molecular flexibility index (Phi) is 6.44. The van der Waals surface area contributed by atoms with Crippen molar-refractivity contribution >= 4 is 34.6 Å². The number of primary amides is 1. The zero-order valence-electron chi connectivity index (χ0n) is 22.8. The van der Waals surface area contributed by atoms with Gasteiger partial charge in [0.1, 0.15) is 17.4 Å².